The van der Waals surface area contributed by atoms with Crippen LogP contribution in [0.25, 0.3) is 10.9 Å². The van der Waals surface area contributed by atoms with Gasteiger partial charge in [0.2, 0.25) is 0 Å². The van der Waals surface area contributed by atoms with Crippen LogP contribution >= 0.6 is 0 Å². The summed E-state index contributed by atoms with van der Waals surface area (Å²) < 4.78 is 1.79. The molecular formula is C15H15N3O. The lowest BCUT2D eigenvalue weighted by Gasteiger charge is -2.09. The third kappa shape index (κ3) is 2.00. The van der Waals surface area contributed by atoms with Gasteiger partial charge in [0.05, 0.1) is 5.52 Å². The van der Waals surface area contributed by atoms with E-state index in [-0.39, 0.29) is 0 Å². The van der Waals surface area contributed by atoms with Gasteiger partial charge in [-0.25, -0.2) is 0 Å². The summed E-state index contributed by atoms with van der Waals surface area (Å²) in [5, 5.41) is 15.9. The van der Waals surface area contributed by atoms with Gasteiger partial charge >= 0.3 is 0 Å². The standard InChI is InChI=1S/C15H15N3O/c1-10-7-11(9-16-8-10)15(19)14-12-5-3-4-6-13(12)18(2)17-14/h3-9,15,19H,1-2H3. The maximum absolute atomic E-state index is 10.5. The zero-order valence-electron chi connectivity index (χ0n) is 10.9. The van der Waals surface area contributed by atoms with Crippen molar-refractivity contribution in [1.29, 1.82) is 0 Å². The second kappa shape index (κ2) is 4.48. The molecule has 1 atom stereocenters. The Morgan fingerprint density at radius 2 is 2.00 bits per heavy atom. The molecule has 0 aliphatic rings. The molecule has 0 aliphatic carbocycles. The Bertz CT molecular complexity index is 733. The van der Waals surface area contributed by atoms with Crippen molar-refractivity contribution in [3.05, 3.63) is 59.5 Å². The molecule has 1 N–H and O–H groups in total. The number of hydrogen-bond acceptors (Lipinski definition) is 3. The third-order valence-corrected chi connectivity index (χ3v) is 3.26. The van der Waals surface area contributed by atoms with Gasteiger partial charge in [-0.15, -0.1) is 0 Å². The average Bonchev–Trinajstić information content (AvgIpc) is 2.76. The monoisotopic (exact) mass is 253 g/mol. The molecule has 2 heterocycles. The van der Waals surface area contributed by atoms with E-state index >= 15 is 0 Å². The lowest BCUT2D eigenvalue weighted by molar-refractivity contribution is 0.215. The minimum absolute atomic E-state index is 0.672. The van der Waals surface area contributed by atoms with Gasteiger partial charge in [-0.1, -0.05) is 24.3 Å². The van der Waals surface area contributed by atoms with Gasteiger partial charge in [-0.05, 0) is 18.6 Å². The summed E-state index contributed by atoms with van der Waals surface area (Å²) in [5.41, 5.74) is 3.48. The Hall–Kier alpha value is -2.20. The van der Waals surface area contributed by atoms with E-state index in [1.54, 1.807) is 17.1 Å². The number of pyridine rings is 1. The molecule has 3 aromatic rings. The molecule has 4 heteroatoms. The number of para-hydroxylation sites is 1. The smallest absolute Gasteiger partial charge is 0.125 e. The lowest BCUT2D eigenvalue weighted by atomic mass is 10.0. The molecule has 0 saturated carbocycles. The molecule has 2 aromatic heterocycles. The third-order valence-electron chi connectivity index (χ3n) is 3.26. The van der Waals surface area contributed by atoms with Crippen LogP contribution in [0.15, 0.2) is 42.7 Å². The van der Waals surface area contributed by atoms with Gasteiger partial charge in [0.15, 0.2) is 0 Å². The van der Waals surface area contributed by atoms with Gasteiger partial charge in [0.1, 0.15) is 11.8 Å². The summed E-state index contributed by atoms with van der Waals surface area (Å²) in [4.78, 5) is 4.12. The second-order valence-electron chi connectivity index (χ2n) is 4.72. The number of nitrogens with zero attached hydrogens (tertiary/aromatic N) is 3. The Kier molecular flexibility index (Phi) is 2.80. The quantitative estimate of drug-likeness (QED) is 0.762. The topological polar surface area (TPSA) is 50.9 Å². The molecule has 1 unspecified atom stereocenters. The van der Waals surface area contributed by atoms with Crippen LogP contribution < -0.4 is 0 Å². The largest absolute Gasteiger partial charge is 0.382 e. The number of benzene rings is 1. The van der Waals surface area contributed by atoms with Crippen LogP contribution in [0.2, 0.25) is 0 Å². The molecule has 0 bridgehead atoms. The highest BCUT2D eigenvalue weighted by Gasteiger charge is 2.18. The zero-order valence-corrected chi connectivity index (χ0v) is 10.9. The van der Waals surface area contributed by atoms with E-state index in [2.05, 4.69) is 10.1 Å². The van der Waals surface area contributed by atoms with Gasteiger partial charge in [0.25, 0.3) is 0 Å². The molecule has 0 radical (unpaired) electrons. The molecule has 0 aliphatic heterocycles. The fraction of sp³-hybridized carbons (Fsp3) is 0.200. The van der Waals surface area contributed by atoms with E-state index in [1.165, 1.54) is 0 Å². The average molecular weight is 253 g/mol. The van der Waals surface area contributed by atoms with Crippen LogP contribution in [-0.4, -0.2) is 19.9 Å². The van der Waals surface area contributed by atoms with E-state index in [0.717, 1.165) is 22.0 Å². The number of aromatic nitrogens is 3. The predicted octanol–water partition coefficient (Wildman–Crippen LogP) is 2.36. The molecule has 19 heavy (non-hydrogen) atoms. The molecule has 0 fully saturated rings. The SMILES string of the molecule is Cc1cncc(C(O)c2nn(C)c3ccccc23)c1. The van der Waals surface area contributed by atoms with Gasteiger partial charge in [-0.2, -0.15) is 5.10 Å². The molecule has 3 rings (SSSR count). The Labute approximate surface area is 111 Å². The first-order chi connectivity index (χ1) is 9.16. The molecule has 96 valence electrons. The maximum atomic E-state index is 10.5. The van der Waals surface area contributed by atoms with E-state index < -0.39 is 6.10 Å². The number of fused-ring (bicyclic) bond motifs is 1. The van der Waals surface area contributed by atoms with Crippen molar-refractivity contribution in [3.8, 4) is 0 Å². The summed E-state index contributed by atoms with van der Waals surface area (Å²) in [6.07, 6.45) is 2.70. The predicted molar refractivity (Wildman–Crippen MR) is 73.7 cm³/mol. The van der Waals surface area contributed by atoms with Crippen LogP contribution in [0.3, 0.4) is 0 Å². The first kappa shape index (κ1) is 11.9. The van der Waals surface area contributed by atoms with Gasteiger partial charge in [0, 0.05) is 30.4 Å². The normalized spacial score (nSPS) is 12.8. The van der Waals surface area contributed by atoms with Crippen molar-refractivity contribution in [2.45, 2.75) is 13.0 Å². The zero-order chi connectivity index (χ0) is 13.4. The van der Waals surface area contributed by atoms with Crippen molar-refractivity contribution >= 4 is 10.9 Å². The van der Waals surface area contributed by atoms with Crippen molar-refractivity contribution in [1.82, 2.24) is 14.8 Å². The molecular weight excluding hydrogens is 238 g/mol. The lowest BCUT2D eigenvalue weighted by Crippen LogP contribution is -2.03. The van der Waals surface area contributed by atoms with Crippen LogP contribution in [0.1, 0.15) is 22.9 Å². The van der Waals surface area contributed by atoms with Crippen molar-refractivity contribution in [2.24, 2.45) is 7.05 Å². The first-order valence-corrected chi connectivity index (χ1v) is 6.18. The van der Waals surface area contributed by atoms with Gasteiger partial charge in [-0.3, -0.25) is 9.67 Å². The van der Waals surface area contributed by atoms with Gasteiger partial charge < -0.3 is 5.11 Å². The number of hydrogen-bond donors (Lipinski definition) is 1. The fourth-order valence-corrected chi connectivity index (χ4v) is 2.33. The molecule has 0 amide bonds. The van der Waals surface area contributed by atoms with Crippen molar-refractivity contribution in [3.63, 3.8) is 0 Å². The second-order valence-corrected chi connectivity index (χ2v) is 4.72. The molecule has 4 nitrogen and oxygen atoms in total. The van der Waals surface area contributed by atoms with E-state index in [9.17, 15) is 5.11 Å². The van der Waals surface area contributed by atoms with E-state index in [0.29, 0.717) is 5.69 Å². The summed E-state index contributed by atoms with van der Waals surface area (Å²) in [6.45, 7) is 1.96. The summed E-state index contributed by atoms with van der Waals surface area (Å²) in [5.74, 6) is 0. The summed E-state index contributed by atoms with van der Waals surface area (Å²) in [7, 11) is 1.88. The number of rotatable bonds is 2. The number of aliphatic hydroxyl groups is 1. The summed E-state index contributed by atoms with van der Waals surface area (Å²) in [6, 6.07) is 9.82. The highest BCUT2D eigenvalue weighted by Crippen LogP contribution is 2.27. The van der Waals surface area contributed by atoms with Crippen molar-refractivity contribution < 1.29 is 5.11 Å². The fourth-order valence-electron chi connectivity index (χ4n) is 2.33. The number of aliphatic hydroxyl groups excluding tert-OH is 1. The maximum Gasteiger partial charge on any atom is 0.125 e. The minimum Gasteiger partial charge on any atom is -0.382 e. The minimum atomic E-state index is -0.751. The first-order valence-electron chi connectivity index (χ1n) is 6.18. The van der Waals surface area contributed by atoms with E-state index in [4.69, 9.17) is 0 Å². The number of aryl methyl sites for hydroxylation is 2. The Morgan fingerprint density at radius 3 is 2.79 bits per heavy atom. The van der Waals surface area contributed by atoms with Crippen LogP contribution in [-0.2, 0) is 7.05 Å². The van der Waals surface area contributed by atoms with E-state index in [1.807, 2.05) is 44.3 Å². The van der Waals surface area contributed by atoms with Crippen LogP contribution in [0, 0.1) is 6.92 Å². The summed E-state index contributed by atoms with van der Waals surface area (Å²) >= 11 is 0. The van der Waals surface area contributed by atoms with Crippen LogP contribution in [0.5, 0.6) is 0 Å². The molecule has 1 aromatic carbocycles. The highest BCUT2D eigenvalue weighted by molar-refractivity contribution is 5.82. The highest BCUT2D eigenvalue weighted by atomic mass is 16.3. The molecule has 0 spiro atoms. The Balaban J connectivity index is 2.14. The Morgan fingerprint density at radius 1 is 1.21 bits per heavy atom. The molecule has 0 saturated heterocycles. The van der Waals surface area contributed by atoms with Crippen LogP contribution in [0.4, 0.5) is 0 Å². The van der Waals surface area contributed by atoms with Crippen molar-refractivity contribution in [2.75, 3.05) is 0 Å².